The van der Waals surface area contributed by atoms with Gasteiger partial charge in [-0.2, -0.15) is 0 Å². The van der Waals surface area contributed by atoms with Crippen molar-refractivity contribution in [3.8, 4) is 0 Å². The normalized spacial score (nSPS) is 10.5. The molecule has 4 amide bonds. The third-order valence-electron chi connectivity index (χ3n) is 5.69. The number of nitrogens with one attached hydrogen (secondary N) is 4. The number of anilines is 1. The van der Waals surface area contributed by atoms with E-state index < -0.39 is 0 Å². The molecule has 0 atom stereocenters. The van der Waals surface area contributed by atoms with Gasteiger partial charge in [-0.25, -0.2) is 10.3 Å². The second kappa shape index (κ2) is 14.3. The zero-order valence-electron chi connectivity index (χ0n) is 20.1. The van der Waals surface area contributed by atoms with Gasteiger partial charge in [-0.1, -0.05) is 73.5 Å². The fourth-order valence-corrected chi connectivity index (χ4v) is 3.78. The van der Waals surface area contributed by atoms with Gasteiger partial charge >= 0.3 is 6.03 Å². The molecule has 8 nitrogen and oxygen atoms in total. The fourth-order valence-electron chi connectivity index (χ4n) is 3.78. The summed E-state index contributed by atoms with van der Waals surface area (Å²) < 4.78 is 0. The van der Waals surface area contributed by atoms with Crippen molar-refractivity contribution < 1.29 is 19.6 Å². The van der Waals surface area contributed by atoms with Gasteiger partial charge in [0.1, 0.15) is 0 Å². The summed E-state index contributed by atoms with van der Waals surface area (Å²) in [6.07, 6.45) is 3.52. The van der Waals surface area contributed by atoms with Crippen molar-refractivity contribution in [2.45, 2.75) is 38.1 Å². The van der Waals surface area contributed by atoms with E-state index in [4.69, 9.17) is 5.21 Å². The van der Waals surface area contributed by atoms with E-state index >= 15 is 0 Å². The lowest BCUT2D eigenvalue weighted by atomic mass is 9.99. The van der Waals surface area contributed by atoms with Crippen LogP contribution < -0.4 is 21.4 Å². The Morgan fingerprint density at radius 3 is 1.89 bits per heavy atom. The summed E-state index contributed by atoms with van der Waals surface area (Å²) in [6.45, 7) is 0.536. The number of amides is 4. The first kappa shape index (κ1) is 26.4. The lowest BCUT2D eigenvalue weighted by Gasteiger charge is -2.20. The standard InChI is InChI=1S/C28H32N4O4/c33-25(32-36)15-9-1-2-10-20-29-27(34)23-16-18-24(19-17-23)30-28(35)31-26(21-11-5-3-6-12-21)22-13-7-4-8-14-22/h3-8,11-14,16-19,26,36H,1-2,9-10,15,20H2,(H,29,34)(H,32,33)(H2,30,31,35). The Balaban J connectivity index is 1.46. The lowest BCUT2D eigenvalue weighted by molar-refractivity contribution is -0.129. The molecule has 0 saturated heterocycles. The molecule has 5 N–H and O–H groups in total. The van der Waals surface area contributed by atoms with Crippen LogP contribution in [0.5, 0.6) is 0 Å². The summed E-state index contributed by atoms with van der Waals surface area (Å²) in [5.74, 6) is -0.565. The predicted octanol–water partition coefficient (Wildman–Crippen LogP) is 4.78. The van der Waals surface area contributed by atoms with Gasteiger partial charge in [0.15, 0.2) is 0 Å². The van der Waals surface area contributed by atoms with Crippen molar-refractivity contribution in [2.24, 2.45) is 0 Å². The van der Waals surface area contributed by atoms with Crippen molar-refractivity contribution in [3.63, 3.8) is 0 Å². The molecule has 0 aliphatic heterocycles. The first-order valence-electron chi connectivity index (χ1n) is 12.1. The van der Waals surface area contributed by atoms with Crippen LogP contribution in [-0.4, -0.2) is 29.6 Å². The monoisotopic (exact) mass is 488 g/mol. The van der Waals surface area contributed by atoms with Gasteiger partial charge in [-0.05, 0) is 48.2 Å². The molecule has 0 aliphatic rings. The third kappa shape index (κ3) is 8.56. The highest BCUT2D eigenvalue weighted by Crippen LogP contribution is 2.22. The summed E-state index contributed by atoms with van der Waals surface area (Å²) in [6, 6.07) is 25.6. The van der Waals surface area contributed by atoms with Crippen LogP contribution in [0.1, 0.15) is 59.6 Å². The Labute approximate surface area is 211 Å². The van der Waals surface area contributed by atoms with Crippen molar-refractivity contribution >= 4 is 23.5 Å². The molecule has 8 heteroatoms. The molecule has 3 aromatic carbocycles. The Bertz CT molecular complexity index is 1070. The lowest BCUT2D eigenvalue weighted by Crippen LogP contribution is -2.33. The van der Waals surface area contributed by atoms with Crippen LogP contribution in [0.25, 0.3) is 0 Å². The Morgan fingerprint density at radius 1 is 0.722 bits per heavy atom. The zero-order valence-corrected chi connectivity index (χ0v) is 20.1. The average Bonchev–Trinajstić information content (AvgIpc) is 2.92. The summed E-state index contributed by atoms with van der Waals surface area (Å²) in [5, 5.41) is 17.2. The van der Waals surface area contributed by atoms with Gasteiger partial charge in [-0.3, -0.25) is 14.8 Å². The fraction of sp³-hybridized carbons (Fsp3) is 0.250. The molecule has 0 bridgehead atoms. The van der Waals surface area contributed by atoms with Crippen molar-refractivity contribution in [2.75, 3.05) is 11.9 Å². The molecular formula is C28H32N4O4. The summed E-state index contributed by atoms with van der Waals surface area (Å²) in [4.78, 5) is 36.1. The zero-order chi connectivity index (χ0) is 25.6. The van der Waals surface area contributed by atoms with E-state index in [0.29, 0.717) is 30.6 Å². The third-order valence-corrected chi connectivity index (χ3v) is 5.69. The molecule has 0 aliphatic carbocycles. The highest BCUT2D eigenvalue weighted by molar-refractivity contribution is 5.95. The molecule has 0 saturated carbocycles. The average molecular weight is 489 g/mol. The predicted molar refractivity (Wildman–Crippen MR) is 139 cm³/mol. The Kier molecular flexibility index (Phi) is 10.5. The second-order valence-corrected chi connectivity index (χ2v) is 8.39. The van der Waals surface area contributed by atoms with Gasteiger partial charge in [0, 0.05) is 24.2 Å². The SMILES string of the molecule is O=C(CCCCCCNC(=O)c1ccc(NC(=O)NC(c2ccccc2)c2ccccc2)cc1)NO. The van der Waals surface area contributed by atoms with Crippen LogP contribution in [0.2, 0.25) is 0 Å². The van der Waals surface area contributed by atoms with Gasteiger partial charge in [0.05, 0.1) is 6.04 Å². The number of carbonyl (C=O) groups is 3. The van der Waals surface area contributed by atoms with Crippen LogP contribution in [0.15, 0.2) is 84.9 Å². The van der Waals surface area contributed by atoms with Gasteiger partial charge in [0.2, 0.25) is 5.91 Å². The van der Waals surface area contributed by atoms with E-state index in [0.717, 1.165) is 30.4 Å². The minimum atomic E-state index is -0.383. The number of urea groups is 1. The molecule has 188 valence electrons. The maximum Gasteiger partial charge on any atom is 0.319 e. The molecule has 3 rings (SSSR count). The molecule has 0 spiro atoms. The molecule has 36 heavy (non-hydrogen) atoms. The molecule has 0 heterocycles. The maximum absolute atomic E-state index is 12.8. The molecule has 0 fully saturated rings. The summed E-state index contributed by atoms with van der Waals surface area (Å²) >= 11 is 0. The van der Waals surface area contributed by atoms with Crippen LogP contribution in [-0.2, 0) is 4.79 Å². The number of benzene rings is 3. The molecule has 0 radical (unpaired) electrons. The summed E-state index contributed by atoms with van der Waals surface area (Å²) in [7, 11) is 0. The van der Waals surface area contributed by atoms with Gasteiger partial charge in [0.25, 0.3) is 5.91 Å². The highest BCUT2D eigenvalue weighted by atomic mass is 16.5. The van der Waals surface area contributed by atoms with E-state index in [1.54, 1.807) is 29.7 Å². The van der Waals surface area contributed by atoms with Crippen LogP contribution in [0.4, 0.5) is 10.5 Å². The van der Waals surface area contributed by atoms with Gasteiger partial charge < -0.3 is 16.0 Å². The number of rotatable bonds is 12. The highest BCUT2D eigenvalue weighted by Gasteiger charge is 2.16. The van der Waals surface area contributed by atoms with E-state index in [1.165, 1.54) is 0 Å². The van der Waals surface area contributed by atoms with E-state index in [2.05, 4.69) is 16.0 Å². The van der Waals surface area contributed by atoms with E-state index in [9.17, 15) is 14.4 Å². The smallest absolute Gasteiger partial charge is 0.319 e. The molecule has 0 aromatic heterocycles. The van der Waals surface area contributed by atoms with Crippen LogP contribution in [0.3, 0.4) is 0 Å². The quantitative estimate of drug-likeness (QED) is 0.143. The summed E-state index contributed by atoms with van der Waals surface area (Å²) in [5.41, 5.74) is 4.65. The van der Waals surface area contributed by atoms with Crippen molar-refractivity contribution in [3.05, 3.63) is 102 Å². The molecule has 0 unspecified atom stereocenters. The number of hydrogen-bond acceptors (Lipinski definition) is 4. The minimum absolute atomic E-state index is 0.182. The second-order valence-electron chi connectivity index (χ2n) is 8.39. The Morgan fingerprint density at radius 2 is 1.31 bits per heavy atom. The number of hydrogen-bond donors (Lipinski definition) is 5. The minimum Gasteiger partial charge on any atom is -0.352 e. The van der Waals surface area contributed by atoms with E-state index in [1.807, 2.05) is 60.7 Å². The number of carbonyl (C=O) groups excluding carboxylic acids is 3. The van der Waals surface area contributed by atoms with E-state index in [-0.39, 0.29) is 23.9 Å². The molecule has 3 aromatic rings. The topological polar surface area (TPSA) is 120 Å². The van der Waals surface area contributed by atoms with Crippen molar-refractivity contribution in [1.82, 2.24) is 16.1 Å². The maximum atomic E-state index is 12.8. The first-order valence-corrected chi connectivity index (χ1v) is 12.1. The van der Waals surface area contributed by atoms with Gasteiger partial charge in [-0.15, -0.1) is 0 Å². The van der Waals surface area contributed by atoms with Crippen LogP contribution >= 0.6 is 0 Å². The Hall–Kier alpha value is -4.17. The number of hydroxylamine groups is 1. The van der Waals surface area contributed by atoms with Crippen LogP contribution in [0, 0.1) is 0 Å². The first-order chi connectivity index (χ1) is 17.6. The van der Waals surface area contributed by atoms with Crippen molar-refractivity contribution in [1.29, 1.82) is 0 Å². The molecular weight excluding hydrogens is 456 g/mol. The largest absolute Gasteiger partial charge is 0.352 e. The number of unbranched alkanes of at least 4 members (excludes halogenated alkanes) is 3.